The van der Waals surface area contributed by atoms with E-state index >= 15 is 0 Å². The van der Waals surface area contributed by atoms with Crippen molar-refractivity contribution in [3.8, 4) is 5.75 Å². The van der Waals surface area contributed by atoms with E-state index in [2.05, 4.69) is 10.5 Å². The zero-order valence-electron chi connectivity index (χ0n) is 18.5. The molecule has 0 bridgehead atoms. The van der Waals surface area contributed by atoms with E-state index in [4.69, 9.17) is 4.74 Å². The molecule has 7 nitrogen and oxygen atoms in total. The molecule has 0 aliphatic rings. The smallest absolute Gasteiger partial charge is 0.264 e. The van der Waals surface area contributed by atoms with Crippen LogP contribution in [0.4, 0.5) is 5.69 Å². The summed E-state index contributed by atoms with van der Waals surface area (Å²) in [7, 11) is -4.00. The number of ether oxygens (including phenoxy) is 1. The van der Waals surface area contributed by atoms with Crippen LogP contribution in [0.15, 0.2) is 74.9 Å². The minimum absolute atomic E-state index is 0.0969. The molecule has 33 heavy (non-hydrogen) atoms. The molecule has 10 heteroatoms. The Labute approximate surface area is 202 Å². The zero-order valence-corrected chi connectivity index (χ0v) is 21.0. The Balaban J connectivity index is 1.86. The fourth-order valence-electron chi connectivity index (χ4n) is 2.91. The molecule has 0 unspecified atom stereocenters. The van der Waals surface area contributed by atoms with Crippen LogP contribution in [0.3, 0.4) is 0 Å². The third-order valence-corrected chi connectivity index (χ3v) is 8.13. The van der Waals surface area contributed by atoms with Gasteiger partial charge < -0.3 is 4.74 Å². The number of hydrogen-bond donors (Lipinski definition) is 1. The average molecular weight is 504 g/mol. The van der Waals surface area contributed by atoms with Crippen molar-refractivity contribution in [3.63, 3.8) is 0 Å². The number of carbonyl (C=O) groups is 1. The van der Waals surface area contributed by atoms with E-state index in [9.17, 15) is 13.2 Å². The van der Waals surface area contributed by atoms with Gasteiger partial charge in [-0.1, -0.05) is 0 Å². The number of thioether (sulfide) groups is 1. The lowest BCUT2D eigenvalue weighted by Crippen LogP contribution is -2.39. The van der Waals surface area contributed by atoms with Crippen LogP contribution in [0.5, 0.6) is 5.75 Å². The minimum Gasteiger partial charge on any atom is -0.494 e. The number of anilines is 1. The quantitative estimate of drug-likeness (QED) is 0.250. The van der Waals surface area contributed by atoms with Crippen LogP contribution in [0.1, 0.15) is 17.4 Å². The van der Waals surface area contributed by atoms with E-state index in [0.29, 0.717) is 18.0 Å². The highest BCUT2D eigenvalue weighted by atomic mass is 32.2. The molecule has 3 rings (SSSR count). The van der Waals surface area contributed by atoms with Gasteiger partial charge >= 0.3 is 0 Å². The highest BCUT2D eigenvalue weighted by Gasteiger charge is 2.27. The second kappa shape index (κ2) is 11.4. The first-order valence-corrected chi connectivity index (χ1v) is 13.6. The second-order valence-corrected chi connectivity index (χ2v) is 10.6. The molecule has 0 saturated carbocycles. The summed E-state index contributed by atoms with van der Waals surface area (Å²) < 4.78 is 33.4. The van der Waals surface area contributed by atoms with Crippen LogP contribution >= 0.6 is 23.1 Å². The van der Waals surface area contributed by atoms with Gasteiger partial charge in [0.15, 0.2) is 0 Å². The number of thiophene rings is 1. The fraction of sp³-hybridized carbons (Fsp3) is 0.217. The molecule has 3 aromatic rings. The van der Waals surface area contributed by atoms with Gasteiger partial charge in [-0.2, -0.15) is 5.10 Å². The number of amides is 1. The van der Waals surface area contributed by atoms with Crippen LogP contribution in [0.2, 0.25) is 0 Å². The largest absolute Gasteiger partial charge is 0.494 e. The Bertz CT molecular complexity index is 1200. The van der Waals surface area contributed by atoms with Crippen molar-refractivity contribution in [1.82, 2.24) is 5.43 Å². The molecule has 0 fully saturated rings. The number of hydrazone groups is 1. The summed E-state index contributed by atoms with van der Waals surface area (Å²) in [5.74, 6) is 0.0574. The number of sulfonamides is 1. The van der Waals surface area contributed by atoms with Gasteiger partial charge in [0.1, 0.15) is 12.3 Å². The number of hydrogen-bond acceptors (Lipinski definition) is 7. The van der Waals surface area contributed by atoms with Gasteiger partial charge in [-0.15, -0.1) is 23.1 Å². The monoisotopic (exact) mass is 503 g/mol. The summed E-state index contributed by atoms with van der Waals surface area (Å²) in [5, 5.41) is 5.91. The first-order chi connectivity index (χ1) is 15.8. The molecular weight excluding hydrogens is 478 g/mol. The van der Waals surface area contributed by atoms with Gasteiger partial charge in [-0.25, -0.2) is 13.8 Å². The van der Waals surface area contributed by atoms with Gasteiger partial charge in [0, 0.05) is 9.77 Å². The predicted molar refractivity (Wildman–Crippen MR) is 135 cm³/mol. The summed E-state index contributed by atoms with van der Waals surface area (Å²) in [6.45, 7) is 3.88. The van der Waals surface area contributed by atoms with E-state index in [1.54, 1.807) is 54.7 Å². The number of carbonyl (C=O) groups excluding carboxylic acids is 1. The van der Waals surface area contributed by atoms with Crippen molar-refractivity contribution >= 4 is 50.9 Å². The zero-order chi connectivity index (χ0) is 23.8. The highest BCUT2D eigenvalue weighted by Crippen LogP contribution is 2.27. The molecule has 0 saturated heterocycles. The van der Waals surface area contributed by atoms with Gasteiger partial charge in [-0.05, 0) is 85.6 Å². The average Bonchev–Trinajstić information content (AvgIpc) is 3.23. The third kappa shape index (κ3) is 6.37. The van der Waals surface area contributed by atoms with Crippen molar-refractivity contribution in [3.05, 3.63) is 70.4 Å². The SMILES string of the molecule is CCOc1ccc(N(CC(=O)N/N=C\c2sccc2C)S(=O)(=O)c2ccc(SC)cc2)cc1. The number of rotatable bonds is 10. The van der Waals surface area contributed by atoms with Gasteiger partial charge in [-0.3, -0.25) is 9.10 Å². The van der Waals surface area contributed by atoms with Crippen LogP contribution in [0, 0.1) is 6.92 Å². The molecule has 0 spiro atoms. The number of benzene rings is 2. The van der Waals surface area contributed by atoms with Crippen LogP contribution in [-0.4, -0.2) is 39.9 Å². The molecule has 1 amide bonds. The molecule has 0 atom stereocenters. The van der Waals surface area contributed by atoms with Crippen LogP contribution < -0.4 is 14.5 Å². The van der Waals surface area contributed by atoms with Crippen LogP contribution in [0.25, 0.3) is 0 Å². The highest BCUT2D eigenvalue weighted by molar-refractivity contribution is 7.98. The van der Waals surface area contributed by atoms with E-state index in [-0.39, 0.29) is 4.90 Å². The Morgan fingerprint density at radius 1 is 1.15 bits per heavy atom. The summed E-state index contributed by atoms with van der Waals surface area (Å²) in [6.07, 6.45) is 3.47. The summed E-state index contributed by atoms with van der Waals surface area (Å²) in [5.41, 5.74) is 3.82. The van der Waals surface area contributed by atoms with E-state index in [1.807, 2.05) is 31.5 Å². The number of aryl methyl sites for hydroxylation is 1. The van der Waals surface area contributed by atoms with Crippen LogP contribution in [-0.2, 0) is 14.8 Å². The van der Waals surface area contributed by atoms with Gasteiger partial charge in [0.25, 0.3) is 15.9 Å². The molecule has 1 heterocycles. The maximum atomic E-state index is 13.5. The number of nitrogens with zero attached hydrogens (tertiary/aromatic N) is 2. The van der Waals surface area contributed by atoms with Crippen molar-refractivity contribution in [2.45, 2.75) is 23.6 Å². The first-order valence-electron chi connectivity index (χ1n) is 10.1. The molecule has 0 radical (unpaired) electrons. The van der Waals surface area contributed by atoms with Crippen molar-refractivity contribution in [2.24, 2.45) is 5.10 Å². The molecular formula is C23H25N3O4S3. The van der Waals surface area contributed by atoms with Gasteiger partial charge in [0.05, 0.1) is 23.4 Å². The molecule has 1 aromatic heterocycles. The summed E-state index contributed by atoms with van der Waals surface area (Å²) >= 11 is 3.02. The maximum absolute atomic E-state index is 13.5. The molecule has 2 aromatic carbocycles. The second-order valence-electron chi connectivity index (χ2n) is 6.88. The topological polar surface area (TPSA) is 88.1 Å². The van der Waals surface area contributed by atoms with E-state index in [1.165, 1.54) is 23.1 Å². The van der Waals surface area contributed by atoms with Gasteiger partial charge in [0.2, 0.25) is 0 Å². The van der Waals surface area contributed by atoms with Crippen molar-refractivity contribution in [2.75, 3.05) is 23.7 Å². The summed E-state index contributed by atoms with van der Waals surface area (Å²) in [4.78, 5) is 14.6. The van der Waals surface area contributed by atoms with E-state index < -0.39 is 22.5 Å². The lowest BCUT2D eigenvalue weighted by atomic mass is 10.3. The van der Waals surface area contributed by atoms with Crippen molar-refractivity contribution < 1.29 is 17.9 Å². The fourth-order valence-corrected chi connectivity index (χ4v) is 5.53. The first kappa shape index (κ1) is 24.8. The molecule has 0 aliphatic carbocycles. The lowest BCUT2D eigenvalue weighted by Gasteiger charge is -2.24. The molecule has 0 aliphatic heterocycles. The maximum Gasteiger partial charge on any atom is 0.264 e. The Kier molecular flexibility index (Phi) is 8.54. The van der Waals surface area contributed by atoms with Crippen molar-refractivity contribution in [1.29, 1.82) is 0 Å². The predicted octanol–water partition coefficient (Wildman–Crippen LogP) is 4.52. The summed E-state index contributed by atoms with van der Waals surface area (Å²) in [6, 6.07) is 15.1. The normalized spacial score (nSPS) is 11.5. The lowest BCUT2D eigenvalue weighted by molar-refractivity contribution is -0.119. The molecule has 174 valence electrons. The minimum atomic E-state index is -4.00. The third-order valence-electron chi connectivity index (χ3n) is 4.64. The Morgan fingerprint density at radius 2 is 1.85 bits per heavy atom. The Morgan fingerprint density at radius 3 is 2.42 bits per heavy atom. The van der Waals surface area contributed by atoms with E-state index in [0.717, 1.165) is 19.6 Å². The molecule has 1 N–H and O–H groups in total. The number of nitrogens with one attached hydrogen (secondary N) is 1. The standard InChI is InChI=1S/C23H25N3O4S3/c1-4-30-19-7-5-18(6-8-19)26(33(28,29)21-11-9-20(31-3)10-12-21)16-23(27)25-24-15-22-17(2)13-14-32-22/h5-15H,4,16H2,1-3H3,(H,25,27)/b24-15-. The Hall–Kier alpha value is -2.82.